The monoisotopic (exact) mass is 272 g/mol. The van der Waals surface area contributed by atoms with E-state index in [1.807, 2.05) is 0 Å². The van der Waals surface area contributed by atoms with Crippen molar-refractivity contribution in [3.8, 4) is 0 Å². The molecule has 0 bridgehead atoms. The Kier molecular flexibility index (Phi) is 3.92. The summed E-state index contributed by atoms with van der Waals surface area (Å²) in [6.07, 6.45) is -9.74. The molecular weight excluding hydrogens is 262 g/mol. The van der Waals surface area contributed by atoms with E-state index >= 15 is 0 Å². The molecule has 0 spiro atoms. The second-order valence-corrected chi connectivity index (χ2v) is 3.68. The highest BCUT2D eigenvalue weighted by molar-refractivity contribution is 5.35. The van der Waals surface area contributed by atoms with Crippen LogP contribution >= 0.6 is 0 Å². The van der Waals surface area contributed by atoms with Crippen LogP contribution in [0.3, 0.4) is 0 Å². The van der Waals surface area contributed by atoms with Gasteiger partial charge in [0.05, 0.1) is 11.1 Å². The molecule has 1 rings (SSSR count). The van der Waals surface area contributed by atoms with E-state index in [1.54, 1.807) is 0 Å². The topological polar surface area (TPSA) is 52.0 Å². The minimum absolute atomic E-state index is 0.0484. The van der Waals surface area contributed by atoms with Gasteiger partial charge in [-0.2, -0.15) is 26.3 Å². The molecule has 2 nitrogen and oxygen atoms in total. The van der Waals surface area contributed by atoms with Gasteiger partial charge in [0.25, 0.3) is 0 Å². The van der Waals surface area contributed by atoms with Crippen molar-refractivity contribution in [3.05, 3.63) is 34.9 Å². The fourth-order valence-corrected chi connectivity index (χ4v) is 1.33. The van der Waals surface area contributed by atoms with Gasteiger partial charge in [0.1, 0.15) is 0 Å². The molecule has 1 aromatic carbocycles. The minimum Gasteiger partial charge on any atom is -0.329 e. The summed E-state index contributed by atoms with van der Waals surface area (Å²) >= 11 is 0. The third-order valence-corrected chi connectivity index (χ3v) is 2.29. The standard InChI is InChI=1S/C10H10F6N2/c11-9(12,13)6-1-5(8(18)4-17)2-7(3-6)10(14,15)16/h1-3,8H,4,17-18H2/t8-/m0/s1. The van der Waals surface area contributed by atoms with Gasteiger partial charge in [0, 0.05) is 12.6 Å². The third-order valence-electron chi connectivity index (χ3n) is 2.29. The number of rotatable bonds is 2. The van der Waals surface area contributed by atoms with Crippen molar-refractivity contribution in [1.29, 1.82) is 0 Å². The van der Waals surface area contributed by atoms with Crippen LogP contribution in [0.1, 0.15) is 22.7 Å². The Labute approximate surface area is 98.6 Å². The maximum atomic E-state index is 12.5. The summed E-state index contributed by atoms with van der Waals surface area (Å²) in [4.78, 5) is 0. The van der Waals surface area contributed by atoms with Crippen LogP contribution in [0.15, 0.2) is 18.2 Å². The van der Waals surface area contributed by atoms with Gasteiger partial charge in [-0.3, -0.25) is 0 Å². The molecule has 4 N–H and O–H groups in total. The van der Waals surface area contributed by atoms with E-state index in [-0.39, 0.29) is 18.2 Å². The molecule has 0 aliphatic rings. The zero-order valence-electron chi connectivity index (χ0n) is 8.94. The van der Waals surface area contributed by atoms with Crippen LogP contribution in [-0.4, -0.2) is 6.54 Å². The molecule has 0 aliphatic carbocycles. The van der Waals surface area contributed by atoms with Crippen LogP contribution in [0.2, 0.25) is 0 Å². The lowest BCUT2D eigenvalue weighted by molar-refractivity contribution is -0.143. The summed E-state index contributed by atoms with van der Waals surface area (Å²) in [5.74, 6) is 0. The van der Waals surface area contributed by atoms with Crippen molar-refractivity contribution in [2.24, 2.45) is 11.5 Å². The van der Waals surface area contributed by atoms with Gasteiger partial charge in [-0.25, -0.2) is 0 Å². The Hall–Kier alpha value is -1.28. The number of hydrogen-bond acceptors (Lipinski definition) is 2. The average Bonchev–Trinajstić information content (AvgIpc) is 2.25. The second kappa shape index (κ2) is 4.77. The Morgan fingerprint density at radius 2 is 1.28 bits per heavy atom. The van der Waals surface area contributed by atoms with Gasteiger partial charge in [0.15, 0.2) is 0 Å². The van der Waals surface area contributed by atoms with Gasteiger partial charge < -0.3 is 11.5 Å². The van der Waals surface area contributed by atoms with E-state index in [4.69, 9.17) is 11.5 Å². The fraction of sp³-hybridized carbons (Fsp3) is 0.400. The van der Waals surface area contributed by atoms with Gasteiger partial charge in [-0.05, 0) is 23.8 Å². The zero-order chi connectivity index (χ0) is 14.1. The average molecular weight is 272 g/mol. The molecule has 0 saturated carbocycles. The maximum Gasteiger partial charge on any atom is 0.416 e. The van der Waals surface area contributed by atoms with E-state index in [0.717, 1.165) is 0 Å². The highest BCUT2D eigenvalue weighted by Gasteiger charge is 2.37. The molecule has 0 aromatic heterocycles. The maximum absolute atomic E-state index is 12.5. The molecule has 102 valence electrons. The lowest BCUT2D eigenvalue weighted by Gasteiger charge is -2.16. The second-order valence-electron chi connectivity index (χ2n) is 3.68. The van der Waals surface area contributed by atoms with Crippen LogP contribution in [-0.2, 0) is 12.4 Å². The van der Waals surface area contributed by atoms with Crippen molar-refractivity contribution < 1.29 is 26.3 Å². The first kappa shape index (κ1) is 14.8. The molecule has 0 saturated heterocycles. The molecule has 1 atom stereocenters. The molecule has 0 radical (unpaired) electrons. The molecular formula is C10H10F6N2. The van der Waals surface area contributed by atoms with Crippen molar-refractivity contribution in [3.63, 3.8) is 0 Å². The van der Waals surface area contributed by atoms with Gasteiger partial charge >= 0.3 is 12.4 Å². The van der Waals surface area contributed by atoms with Crippen LogP contribution in [0.4, 0.5) is 26.3 Å². The molecule has 8 heteroatoms. The lowest BCUT2D eigenvalue weighted by atomic mass is 10.00. The van der Waals surface area contributed by atoms with E-state index < -0.39 is 29.5 Å². The van der Waals surface area contributed by atoms with Crippen LogP contribution < -0.4 is 11.5 Å². The summed E-state index contributed by atoms with van der Waals surface area (Å²) in [5, 5.41) is 0. The Morgan fingerprint density at radius 3 is 1.56 bits per heavy atom. The van der Waals surface area contributed by atoms with E-state index in [2.05, 4.69) is 0 Å². The number of nitrogens with two attached hydrogens (primary N) is 2. The molecule has 18 heavy (non-hydrogen) atoms. The largest absolute Gasteiger partial charge is 0.416 e. The minimum atomic E-state index is -4.87. The van der Waals surface area contributed by atoms with Crippen molar-refractivity contribution >= 4 is 0 Å². The molecule has 0 unspecified atom stereocenters. The van der Waals surface area contributed by atoms with Crippen LogP contribution in [0.5, 0.6) is 0 Å². The Bertz CT molecular complexity index is 391. The Morgan fingerprint density at radius 1 is 0.889 bits per heavy atom. The zero-order valence-corrected chi connectivity index (χ0v) is 8.94. The first-order valence-electron chi connectivity index (χ1n) is 4.80. The number of halogens is 6. The van der Waals surface area contributed by atoms with E-state index in [1.165, 1.54) is 0 Å². The molecule has 0 amide bonds. The van der Waals surface area contributed by atoms with Crippen molar-refractivity contribution in [2.45, 2.75) is 18.4 Å². The van der Waals surface area contributed by atoms with Crippen molar-refractivity contribution in [1.82, 2.24) is 0 Å². The lowest BCUT2D eigenvalue weighted by Crippen LogP contribution is -2.22. The molecule has 0 heterocycles. The van der Waals surface area contributed by atoms with Crippen molar-refractivity contribution in [2.75, 3.05) is 6.54 Å². The highest BCUT2D eigenvalue weighted by atomic mass is 19.4. The first-order chi connectivity index (χ1) is 8.05. The Balaban J connectivity index is 3.39. The molecule has 1 aromatic rings. The first-order valence-corrected chi connectivity index (χ1v) is 4.80. The normalized spacial score (nSPS) is 14.7. The van der Waals surface area contributed by atoms with Crippen LogP contribution in [0, 0.1) is 0 Å². The predicted octanol–water partition coefficient (Wildman–Crippen LogP) is 2.68. The highest BCUT2D eigenvalue weighted by Crippen LogP contribution is 2.37. The number of alkyl halides is 6. The third kappa shape index (κ3) is 3.36. The number of benzene rings is 1. The fourth-order valence-electron chi connectivity index (χ4n) is 1.33. The summed E-state index contributed by atoms with van der Waals surface area (Å²) in [5.41, 5.74) is 7.42. The summed E-state index contributed by atoms with van der Waals surface area (Å²) in [7, 11) is 0. The SMILES string of the molecule is NC[C@H](N)c1cc(C(F)(F)F)cc(C(F)(F)F)c1. The van der Waals surface area contributed by atoms with Gasteiger partial charge in [-0.15, -0.1) is 0 Å². The number of hydrogen-bond donors (Lipinski definition) is 2. The summed E-state index contributed by atoms with van der Waals surface area (Å²) in [6.45, 7) is -0.251. The summed E-state index contributed by atoms with van der Waals surface area (Å²) in [6, 6.07) is 0.125. The van der Waals surface area contributed by atoms with Gasteiger partial charge in [0.2, 0.25) is 0 Å². The summed E-state index contributed by atoms with van der Waals surface area (Å²) < 4.78 is 74.8. The smallest absolute Gasteiger partial charge is 0.329 e. The predicted molar refractivity (Wildman–Crippen MR) is 52.4 cm³/mol. The van der Waals surface area contributed by atoms with Crippen LogP contribution in [0.25, 0.3) is 0 Å². The van der Waals surface area contributed by atoms with Gasteiger partial charge in [-0.1, -0.05) is 0 Å². The quantitative estimate of drug-likeness (QED) is 0.813. The van der Waals surface area contributed by atoms with E-state index in [0.29, 0.717) is 12.1 Å². The molecule has 0 aliphatic heterocycles. The molecule has 0 fully saturated rings. The van der Waals surface area contributed by atoms with E-state index in [9.17, 15) is 26.3 Å².